The van der Waals surface area contributed by atoms with Gasteiger partial charge in [-0.2, -0.15) is 8.80 Å². The highest BCUT2D eigenvalue weighted by Gasteiger charge is 2.42. The van der Waals surface area contributed by atoms with Crippen molar-refractivity contribution in [1.29, 1.82) is 0 Å². The van der Waals surface area contributed by atoms with E-state index in [0.717, 1.165) is 17.1 Å². The number of ether oxygens (including phenoxy) is 2. The molecule has 0 saturated heterocycles. The summed E-state index contributed by atoms with van der Waals surface area (Å²) in [4.78, 5) is 30.5. The average Bonchev–Trinajstić information content (AvgIpc) is 2.93. The van der Waals surface area contributed by atoms with E-state index in [0.29, 0.717) is 11.5 Å². The van der Waals surface area contributed by atoms with Crippen molar-refractivity contribution in [3.8, 4) is 0 Å². The maximum Gasteiger partial charge on any atom is 0.277 e. The summed E-state index contributed by atoms with van der Waals surface area (Å²) in [6.07, 6.45) is 0. The number of carbonyl (C=O) groups excluding carboxylic acids is 2. The van der Waals surface area contributed by atoms with Crippen LogP contribution in [0.15, 0.2) is 18.8 Å². The molecule has 4 aliphatic heterocycles. The molecule has 0 atom stereocenters. The van der Waals surface area contributed by atoms with Crippen molar-refractivity contribution in [2.45, 2.75) is 167 Å². The number of nitrogens with zero attached hydrogens (tertiary/aromatic N) is 4. The van der Waals surface area contributed by atoms with Crippen LogP contribution in [0, 0.1) is 21.7 Å². The van der Waals surface area contributed by atoms with Crippen LogP contribution >= 0.6 is 23.5 Å². The molecule has 55 heavy (non-hydrogen) atoms. The highest BCUT2D eigenvalue weighted by molar-refractivity contribution is 8.14. The molecule has 0 saturated carbocycles. The molecular weight excluding hydrogens is 781 g/mol. The topological polar surface area (TPSA) is 170 Å². The van der Waals surface area contributed by atoms with Crippen LogP contribution in [0.4, 0.5) is 0 Å². The Kier molecular flexibility index (Phi) is 17.3. The van der Waals surface area contributed by atoms with Gasteiger partial charge in [0.15, 0.2) is 5.94 Å². The van der Waals surface area contributed by atoms with Gasteiger partial charge < -0.3 is 9.47 Å². The number of sulfonamides is 2. The summed E-state index contributed by atoms with van der Waals surface area (Å²) in [5, 5.41) is 0.0968. The van der Waals surface area contributed by atoms with Crippen molar-refractivity contribution in [2.24, 2.45) is 40.4 Å². The first-order valence-electron chi connectivity index (χ1n) is 18.0. The van der Waals surface area contributed by atoms with E-state index in [2.05, 4.69) is 53.4 Å². The Hall–Kier alpha value is -1.46. The van der Waals surface area contributed by atoms with E-state index in [-0.39, 0.29) is 68.0 Å². The minimum absolute atomic E-state index is 0. The summed E-state index contributed by atoms with van der Waals surface area (Å²) < 4.78 is 63.6. The van der Waals surface area contributed by atoms with Gasteiger partial charge in [-0.1, -0.05) is 90.5 Å². The minimum atomic E-state index is -3.42. The fourth-order valence-corrected chi connectivity index (χ4v) is 12.2. The van der Waals surface area contributed by atoms with E-state index < -0.39 is 31.2 Å². The third-order valence-electron chi connectivity index (χ3n) is 8.31. The lowest BCUT2D eigenvalue weighted by Crippen LogP contribution is -2.47. The molecule has 2 amide bonds. The third kappa shape index (κ3) is 16.4. The second kappa shape index (κ2) is 17.8. The fraction of sp³-hybridized carbons (Fsp3) is 0.846. The van der Waals surface area contributed by atoms with Gasteiger partial charge in [-0.25, -0.2) is 26.8 Å². The van der Waals surface area contributed by atoms with Crippen molar-refractivity contribution >= 4 is 78.2 Å². The Balaban J connectivity index is 0.000000703. The molecule has 320 valence electrons. The zero-order chi connectivity index (χ0) is 42.9. The number of amides is 2. The Morgan fingerprint density at radius 1 is 0.527 bits per heavy atom. The van der Waals surface area contributed by atoms with Crippen LogP contribution in [0.2, 0.25) is 0 Å². The summed E-state index contributed by atoms with van der Waals surface area (Å²) >= 11 is 3.13. The molecule has 4 rings (SSSR count). The number of thioether (sulfide) groups is 2. The van der Waals surface area contributed by atoms with Crippen molar-refractivity contribution in [3.05, 3.63) is 0 Å². The number of hydrogen-bond acceptors (Lipinski definition) is 10. The molecule has 4 heterocycles. The van der Waals surface area contributed by atoms with Gasteiger partial charge in [0.05, 0.1) is 27.6 Å². The zero-order valence-corrected chi connectivity index (χ0v) is 39.8. The SMILES string of the molecule is C.CC(C)(C)C1=NC(=O)COC1(C)C.CC(C)(C)C1=NC(=O)CSC1(C)C.CC(C)(C)C1=NS(=O)(=O)COC1(C)C.CC(C)(C)C1=NS(=O)(=O)CSC1(C)C. The fourth-order valence-electron chi connectivity index (χ4n) is 6.56. The van der Waals surface area contributed by atoms with Crippen LogP contribution < -0.4 is 0 Å². The van der Waals surface area contributed by atoms with E-state index in [4.69, 9.17) is 9.47 Å². The molecule has 0 aliphatic carbocycles. The van der Waals surface area contributed by atoms with E-state index in [1.54, 1.807) is 11.8 Å². The molecule has 0 N–H and O–H groups in total. The zero-order valence-electron chi connectivity index (χ0n) is 36.5. The van der Waals surface area contributed by atoms with Crippen LogP contribution in [-0.4, -0.2) is 95.6 Å². The lowest BCUT2D eigenvalue weighted by Gasteiger charge is -2.36. The molecule has 0 bridgehead atoms. The Morgan fingerprint density at radius 3 is 1.27 bits per heavy atom. The first-order chi connectivity index (χ1) is 23.6. The van der Waals surface area contributed by atoms with Crippen LogP contribution in [-0.2, 0) is 39.1 Å². The van der Waals surface area contributed by atoms with Gasteiger partial charge in [0, 0.05) is 32.1 Å². The lowest BCUT2D eigenvalue weighted by atomic mass is 9.80. The second-order valence-corrected chi connectivity index (χ2v) is 26.7. The molecule has 0 radical (unpaired) electrons. The predicted octanol–water partition coefficient (Wildman–Crippen LogP) is 8.83. The van der Waals surface area contributed by atoms with Crippen molar-refractivity contribution in [1.82, 2.24) is 0 Å². The van der Waals surface area contributed by atoms with Gasteiger partial charge in [-0.3, -0.25) is 9.59 Å². The van der Waals surface area contributed by atoms with Gasteiger partial charge in [-0.15, -0.1) is 23.5 Å². The van der Waals surface area contributed by atoms with Crippen LogP contribution in [0.25, 0.3) is 0 Å². The van der Waals surface area contributed by atoms with E-state index in [1.165, 1.54) is 11.8 Å². The highest BCUT2D eigenvalue weighted by atomic mass is 32.3. The first kappa shape index (κ1) is 53.5. The van der Waals surface area contributed by atoms with Crippen molar-refractivity contribution < 1.29 is 35.9 Å². The standard InChI is InChI=1S/C10H17NO2.C10H17NOS.C9H17NO3S.C9H17NO2S2.CH4/c2*1-9(2,3)8-10(4,5)13-6-7(12)11-8;2*1-8(2,3)7-9(4,5)13-6-14(11,12)10-7;/h2*6H2,1-5H3;2*6H2,1-5H3;1H4. The summed E-state index contributed by atoms with van der Waals surface area (Å²) in [7, 11) is -6.66. The summed E-state index contributed by atoms with van der Waals surface area (Å²) in [6, 6.07) is 0. The molecule has 0 unspecified atom stereocenters. The van der Waals surface area contributed by atoms with Crippen molar-refractivity contribution in [2.75, 3.05) is 23.4 Å². The average molecular weight is 853 g/mol. The Bertz CT molecular complexity index is 1630. The molecule has 0 aromatic carbocycles. The molecule has 0 aromatic rings. The number of rotatable bonds is 0. The van der Waals surface area contributed by atoms with Gasteiger partial charge in [0.2, 0.25) is 0 Å². The maximum atomic E-state index is 11.4. The third-order valence-corrected chi connectivity index (χ3v) is 13.5. The number of carbonyl (C=O) groups is 2. The number of hydrogen-bond donors (Lipinski definition) is 0. The second-order valence-electron chi connectivity index (χ2n) is 19.9. The summed E-state index contributed by atoms with van der Waals surface area (Å²) in [5.41, 5.74) is 1.58. The molecule has 16 heteroatoms. The monoisotopic (exact) mass is 852 g/mol. The molecular formula is C39H72N4O8S4. The summed E-state index contributed by atoms with van der Waals surface area (Å²) in [6.45, 7) is 40.2. The van der Waals surface area contributed by atoms with Gasteiger partial charge >= 0.3 is 0 Å². The Morgan fingerprint density at radius 2 is 0.909 bits per heavy atom. The van der Waals surface area contributed by atoms with E-state index in [9.17, 15) is 26.4 Å². The highest BCUT2D eigenvalue weighted by Crippen LogP contribution is 2.40. The van der Waals surface area contributed by atoms with Gasteiger partial charge in [0.1, 0.15) is 22.9 Å². The largest absolute Gasteiger partial charge is 0.360 e. The van der Waals surface area contributed by atoms with Crippen LogP contribution in [0.3, 0.4) is 0 Å². The molecule has 12 nitrogen and oxygen atoms in total. The molecule has 0 aromatic heterocycles. The molecule has 0 spiro atoms. The van der Waals surface area contributed by atoms with Gasteiger partial charge in [-0.05, 0) is 55.4 Å². The normalized spacial score (nSPS) is 23.9. The predicted molar refractivity (Wildman–Crippen MR) is 235 cm³/mol. The Labute approximate surface area is 343 Å². The smallest absolute Gasteiger partial charge is 0.277 e. The van der Waals surface area contributed by atoms with E-state index >= 15 is 0 Å². The minimum Gasteiger partial charge on any atom is -0.360 e. The first-order valence-corrected chi connectivity index (χ1v) is 23.2. The van der Waals surface area contributed by atoms with Crippen LogP contribution in [0.1, 0.15) is 146 Å². The van der Waals surface area contributed by atoms with Gasteiger partial charge in [0.25, 0.3) is 31.9 Å². The molecule has 0 fully saturated rings. The van der Waals surface area contributed by atoms with Crippen LogP contribution in [0.5, 0.6) is 0 Å². The maximum absolute atomic E-state index is 11.4. The quantitative estimate of drug-likeness (QED) is 0.229. The molecule has 4 aliphatic rings. The van der Waals surface area contributed by atoms with E-state index in [1.807, 2.05) is 104 Å². The lowest BCUT2D eigenvalue weighted by molar-refractivity contribution is -0.127. The summed E-state index contributed by atoms with van der Waals surface area (Å²) in [5.74, 6) is 0.0325. The number of aliphatic imine (C=N–C) groups is 2. The van der Waals surface area contributed by atoms with Crippen molar-refractivity contribution in [3.63, 3.8) is 0 Å².